The summed E-state index contributed by atoms with van der Waals surface area (Å²) in [6.07, 6.45) is -4.34. The summed E-state index contributed by atoms with van der Waals surface area (Å²) in [6.45, 7) is 3.43. The molecule has 1 fully saturated rings. The van der Waals surface area contributed by atoms with Gasteiger partial charge in [-0.1, -0.05) is 12.1 Å². The SMILES string of the molecule is CC1(C)C(C(F)(F)F)CCN1C(=O)c1ccc(CN)cc1.Cl. The minimum absolute atomic E-state index is 0. The topological polar surface area (TPSA) is 46.3 Å². The summed E-state index contributed by atoms with van der Waals surface area (Å²) in [5.41, 5.74) is 5.52. The van der Waals surface area contributed by atoms with Crippen molar-refractivity contribution in [2.24, 2.45) is 11.7 Å². The van der Waals surface area contributed by atoms with Crippen molar-refractivity contribution in [3.63, 3.8) is 0 Å². The van der Waals surface area contributed by atoms with E-state index in [4.69, 9.17) is 5.73 Å². The molecular weight excluding hydrogens is 317 g/mol. The third-order valence-corrected chi connectivity index (χ3v) is 4.27. The molecule has 124 valence electrons. The van der Waals surface area contributed by atoms with Gasteiger partial charge in [-0.05, 0) is 38.0 Å². The summed E-state index contributed by atoms with van der Waals surface area (Å²) in [5.74, 6) is -1.85. The van der Waals surface area contributed by atoms with Crippen LogP contribution in [0.4, 0.5) is 13.2 Å². The molecule has 1 aliphatic rings. The van der Waals surface area contributed by atoms with Gasteiger partial charge in [0.1, 0.15) is 0 Å². The van der Waals surface area contributed by atoms with Crippen LogP contribution in [0.3, 0.4) is 0 Å². The molecule has 1 saturated heterocycles. The fourth-order valence-electron chi connectivity index (χ4n) is 2.95. The zero-order chi connectivity index (χ0) is 15.8. The van der Waals surface area contributed by atoms with Crippen LogP contribution in [0.15, 0.2) is 24.3 Å². The van der Waals surface area contributed by atoms with Crippen molar-refractivity contribution in [2.45, 2.75) is 38.5 Å². The predicted octanol–water partition coefficient (Wildman–Crippen LogP) is 3.37. The molecule has 0 aromatic heterocycles. The Morgan fingerprint density at radius 1 is 1.32 bits per heavy atom. The number of likely N-dealkylation sites (tertiary alicyclic amines) is 1. The smallest absolute Gasteiger partial charge is 0.333 e. The second-order valence-electron chi connectivity index (χ2n) is 5.89. The molecule has 1 atom stereocenters. The number of amides is 1. The highest BCUT2D eigenvalue weighted by Crippen LogP contribution is 2.45. The van der Waals surface area contributed by atoms with Gasteiger partial charge in [0.05, 0.1) is 5.92 Å². The lowest BCUT2D eigenvalue weighted by Gasteiger charge is -2.36. The predicted molar refractivity (Wildman–Crippen MR) is 80.9 cm³/mol. The first-order chi connectivity index (χ1) is 9.67. The van der Waals surface area contributed by atoms with Crippen LogP contribution in [0.1, 0.15) is 36.2 Å². The van der Waals surface area contributed by atoms with Crippen LogP contribution in [-0.2, 0) is 6.54 Å². The van der Waals surface area contributed by atoms with Gasteiger partial charge in [0.25, 0.3) is 5.91 Å². The monoisotopic (exact) mass is 336 g/mol. The molecule has 7 heteroatoms. The minimum atomic E-state index is -4.29. The number of nitrogens with zero attached hydrogens (tertiary/aromatic N) is 1. The number of carbonyl (C=O) groups excluding carboxylic acids is 1. The average molecular weight is 337 g/mol. The Labute approximate surface area is 134 Å². The van der Waals surface area contributed by atoms with E-state index in [1.54, 1.807) is 24.3 Å². The maximum absolute atomic E-state index is 13.0. The van der Waals surface area contributed by atoms with Crippen LogP contribution in [0.5, 0.6) is 0 Å². The van der Waals surface area contributed by atoms with Crippen LogP contribution < -0.4 is 5.73 Å². The molecule has 1 unspecified atom stereocenters. The lowest BCUT2D eigenvalue weighted by atomic mass is 9.87. The number of rotatable bonds is 2. The molecule has 1 aromatic carbocycles. The van der Waals surface area contributed by atoms with Crippen molar-refractivity contribution in [1.82, 2.24) is 4.90 Å². The molecule has 3 nitrogen and oxygen atoms in total. The number of alkyl halides is 3. The second-order valence-corrected chi connectivity index (χ2v) is 5.89. The molecule has 0 saturated carbocycles. The van der Waals surface area contributed by atoms with Gasteiger partial charge in [0, 0.05) is 24.2 Å². The van der Waals surface area contributed by atoms with Crippen molar-refractivity contribution in [1.29, 1.82) is 0 Å². The molecule has 1 heterocycles. The second kappa shape index (κ2) is 6.46. The van der Waals surface area contributed by atoms with E-state index in [1.807, 2.05) is 0 Å². The third kappa shape index (κ3) is 3.38. The molecule has 0 spiro atoms. The highest BCUT2D eigenvalue weighted by molar-refractivity contribution is 5.95. The normalized spacial score (nSPS) is 20.6. The van der Waals surface area contributed by atoms with Gasteiger partial charge < -0.3 is 10.6 Å². The maximum atomic E-state index is 13.0. The zero-order valence-electron chi connectivity index (χ0n) is 12.5. The Balaban J connectivity index is 0.00000242. The van der Waals surface area contributed by atoms with Crippen LogP contribution in [0.2, 0.25) is 0 Å². The maximum Gasteiger partial charge on any atom is 0.394 e. The number of carbonyl (C=O) groups is 1. The summed E-state index contributed by atoms with van der Waals surface area (Å²) < 4.78 is 39.1. The van der Waals surface area contributed by atoms with Crippen molar-refractivity contribution in [3.05, 3.63) is 35.4 Å². The summed E-state index contributed by atoms with van der Waals surface area (Å²) in [4.78, 5) is 13.8. The van der Waals surface area contributed by atoms with Crippen molar-refractivity contribution in [3.8, 4) is 0 Å². The highest BCUT2D eigenvalue weighted by atomic mass is 35.5. The van der Waals surface area contributed by atoms with Gasteiger partial charge in [-0.2, -0.15) is 13.2 Å². The number of hydrogen-bond donors (Lipinski definition) is 1. The number of hydrogen-bond acceptors (Lipinski definition) is 2. The number of benzene rings is 1. The standard InChI is InChI=1S/C15H19F3N2O.ClH/c1-14(2)12(15(16,17)18)7-8-20(14)13(21)11-5-3-10(9-19)4-6-11;/h3-6,12H,7-9,19H2,1-2H3;1H. The Morgan fingerprint density at radius 3 is 2.27 bits per heavy atom. The molecule has 2 rings (SSSR count). The summed E-state index contributed by atoms with van der Waals surface area (Å²) in [6, 6.07) is 6.66. The van der Waals surface area contributed by atoms with Crippen molar-refractivity contribution < 1.29 is 18.0 Å². The van der Waals surface area contributed by atoms with Crippen LogP contribution in [0, 0.1) is 5.92 Å². The fraction of sp³-hybridized carbons (Fsp3) is 0.533. The van der Waals surface area contributed by atoms with Gasteiger partial charge in [0.2, 0.25) is 0 Å². The zero-order valence-corrected chi connectivity index (χ0v) is 13.3. The highest BCUT2D eigenvalue weighted by Gasteiger charge is 2.56. The number of nitrogens with two attached hydrogens (primary N) is 1. The molecule has 1 amide bonds. The van der Waals surface area contributed by atoms with E-state index in [1.165, 1.54) is 18.7 Å². The van der Waals surface area contributed by atoms with E-state index in [2.05, 4.69) is 0 Å². The molecule has 0 aliphatic carbocycles. The van der Waals surface area contributed by atoms with E-state index in [9.17, 15) is 18.0 Å². The molecular formula is C15H20ClF3N2O. The summed E-state index contributed by atoms with van der Waals surface area (Å²) in [7, 11) is 0. The summed E-state index contributed by atoms with van der Waals surface area (Å²) >= 11 is 0. The van der Waals surface area contributed by atoms with Gasteiger partial charge in [-0.25, -0.2) is 0 Å². The lowest BCUT2D eigenvalue weighted by molar-refractivity contribution is -0.189. The first kappa shape index (κ1) is 18.8. The fourth-order valence-corrected chi connectivity index (χ4v) is 2.95. The largest absolute Gasteiger partial charge is 0.394 e. The Kier molecular flexibility index (Phi) is 5.51. The summed E-state index contributed by atoms with van der Waals surface area (Å²) in [5, 5.41) is 0. The molecule has 1 aromatic rings. The third-order valence-electron chi connectivity index (χ3n) is 4.27. The van der Waals surface area contributed by atoms with Crippen LogP contribution >= 0.6 is 12.4 Å². The molecule has 1 aliphatic heterocycles. The van der Waals surface area contributed by atoms with Gasteiger partial charge in [0.15, 0.2) is 0 Å². The van der Waals surface area contributed by atoms with Gasteiger partial charge >= 0.3 is 6.18 Å². The van der Waals surface area contributed by atoms with E-state index >= 15 is 0 Å². The Bertz CT molecular complexity index is 529. The van der Waals surface area contributed by atoms with Gasteiger partial charge in [-0.15, -0.1) is 12.4 Å². The first-order valence-corrected chi connectivity index (χ1v) is 6.85. The van der Waals surface area contributed by atoms with E-state index < -0.39 is 17.6 Å². The van der Waals surface area contributed by atoms with Crippen LogP contribution in [0.25, 0.3) is 0 Å². The quantitative estimate of drug-likeness (QED) is 0.900. The first-order valence-electron chi connectivity index (χ1n) is 6.85. The molecule has 22 heavy (non-hydrogen) atoms. The van der Waals surface area contributed by atoms with Crippen LogP contribution in [-0.4, -0.2) is 29.1 Å². The molecule has 0 radical (unpaired) electrons. The molecule has 2 N–H and O–H groups in total. The van der Waals surface area contributed by atoms with E-state index in [0.717, 1.165) is 5.56 Å². The Hall–Kier alpha value is -1.27. The average Bonchev–Trinajstić information content (AvgIpc) is 2.73. The minimum Gasteiger partial charge on any atom is -0.333 e. The van der Waals surface area contributed by atoms with E-state index in [0.29, 0.717) is 12.1 Å². The van der Waals surface area contributed by atoms with Gasteiger partial charge in [-0.3, -0.25) is 4.79 Å². The molecule has 0 bridgehead atoms. The van der Waals surface area contributed by atoms with Crippen molar-refractivity contribution >= 4 is 18.3 Å². The number of halogens is 4. The van der Waals surface area contributed by atoms with E-state index in [-0.39, 0.29) is 31.3 Å². The Morgan fingerprint density at radius 2 is 1.86 bits per heavy atom. The van der Waals surface area contributed by atoms with Crippen molar-refractivity contribution in [2.75, 3.05) is 6.54 Å². The lowest BCUT2D eigenvalue weighted by Crippen LogP contribution is -2.49.